The van der Waals surface area contributed by atoms with E-state index in [9.17, 15) is 9.59 Å². The summed E-state index contributed by atoms with van der Waals surface area (Å²) in [6.07, 6.45) is 0. The Labute approximate surface area is 147 Å². The van der Waals surface area contributed by atoms with Gasteiger partial charge < -0.3 is 15.0 Å². The first-order valence-electron chi connectivity index (χ1n) is 8.31. The van der Waals surface area contributed by atoms with Crippen LogP contribution in [0.15, 0.2) is 48.5 Å². The van der Waals surface area contributed by atoms with Crippen LogP contribution in [-0.4, -0.2) is 30.6 Å². The number of carbonyl (C=O) groups is 2. The molecule has 2 aromatic carbocycles. The normalized spacial score (nSPS) is 15.3. The first kappa shape index (κ1) is 17.0. The molecule has 0 bridgehead atoms. The molecule has 1 heterocycles. The van der Waals surface area contributed by atoms with E-state index in [-0.39, 0.29) is 18.5 Å². The van der Waals surface area contributed by atoms with Crippen molar-refractivity contribution >= 4 is 23.3 Å². The molecule has 130 valence electrons. The SMILES string of the molecule is Cc1ccc(C(=O)OCCN2C(=O)C(C)(C)Nc3ccccc32)cc1. The number of anilines is 2. The Balaban J connectivity index is 1.69. The van der Waals surface area contributed by atoms with Crippen LogP contribution in [0.25, 0.3) is 0 Å². The molecule has 0 aromatic heterocycles. The molecule has 0 fully saturated rings. The number of nitrogens with one attached hydrogen (secondary N) is 1. The van der Waals surface area contributed by atoms with Crippen LogP contribution < -0.4 is 10.2 Å². The highest BCUT2D eigenvalue weighted by molar-refractivity contribution is 6.07. The summed E-state index contributed by atoms with van der Waals surface area (Å²) in [5.41, 5.74) is 2.60. The largest absolute Gasteiger partial charge is 0.460 e. The van der Waals surface area contributed by atoms with Crippen molar-refractivity contribution in [3.8, 4) is 0 Å². The number of hydrogen-bond donors (Lipinski definition) is 1. The van der Waals surface area contributed by atoms with Gasteiger partial charge in [0, 0.05) is 0 Å². The van der Waals surface area contributed by atoms with Gasteiger partial charge in [-0.25, -0.2) is 4.79 Å². The first-order chi connectivity index (χ1) is 11.9. The lowest BCUT2D eigenvalue weighted by Crippen LogP contribution is -2.54. The maximum absolute atomic E-state index is 12.7. The lowest BCUT2D eigenvalue weighted by atomic mass is 9.98. The molecule has 0 saturated heterocycles. The van der Waals surface area contributed by atoms with E-state index in [2.05, 4.69) is 5.32 Å². The maximum atomic E-state index is 12.7. The number of fused-ring (bicyclic) bond motifs is 1. The number of para-hydroxylation sites is 2. The molecule has 1 amide bonds. The van der Waals surface area contributed by atoms with E-state index >= 15 is 0 Å². The second-order valence-electron chi connectivity index (χ2n) is 6.73. The summed E-state index contributed by atoms with van der Waals surface area (Å²) in [4.78, 5) is 26.5. The molecule has 0 spiro atoms. The maximum Gasteiger partial charge on any atom is 0.338 e. The summed E-state index contributed by atoms with van der Waals surface area (Å²) >= 11 is 0. The van der Waals surface area contributed by atoms with Gasteiger partial charge in [0.25, 0.3) is 5.91 Å². The van der Waals surface area contributed by atoms with E-state index in [0.29, 0.717) is 12.1 Å². The predicted octanol–water partition coefficient (Wildman–Crippen LogP) is 3.39. The van der Waals surface area contributed by atoms with Gasteiger partial charge in [0.15, 0.2) is 0 Å². The number of nitrogens with zero attached hydrogens (tertiary/aromatic N) is 1. The fourth-order valence-corrected chi connectivity index (χ4v) is 2.88. The molecule has 25 heavy (non-hydrogen) atoms. The van der Waals surface area contributed by atoms with Crippen LogP contribution in [0.4, 0.5) is 11.4 Å². The van der Waals surface area contributed by atoms with Crippen molar-refractivity contribution in [3.05, 3.63) is 59.7 Å². The molecule has 0 saturated carbocycles. The Morgan fingerprint density at radius 3 is 2.52 bits per heavy atom. The molecule has 1 aliphatic heterocycles. The Morgan fingerprint density at radius 2 is 1.80 bits per heavy atom. The molecule has 2 aromatic rings. The van der Waals surface area contributed by atoms with Gasteiger partial charge in [0.1, 0.15) is 12.1 Å². The van der Waals surface area contributed by atoms with Gasteiger partial charge in [-0.3, -0.25) is 4.79 Å². The minimum absolute atomic E-state index is 0.0439. The number of hydrogen-bond acceptors (Lipinski definition) is 4. The number of carbonyl (C=O) groups excluding carboxylic acids is 2. The summed E-state index contributed by atoms with van der Waals surface area (Å²) in [5, 5.41) is 3.25. The molecule has 0 unspecified atom stereocenters. The lowest BCUT2D eigenvalue weighted by molar-refractivity contribution is -0.122. The van der Waals surface area contributed by atoms with Gasteiger partial charge in [-0.05, 0) is 45.0 Å². The van der Waals surface area contributed by atoms with Crippen LogP contribution in [0.3, 0.4) is 0 Å². The number of esters is 1. The average molecular weight is 338 g/mol. The summed E-state index contributed by atoms with van der Waals surface area (Å²) in [6.45, 7) is 6.11. The zero-order valence-corrected chi connectivity index (χ0v) is 14.7. The van der Waals surface area contributed by atoms with Crippen molar-refractivity contribution in [1.29, 1.82) is 0 Å². The van der Waals surface area contributed by atoms with E-state index in [1.807, 2.05) is 57.2 Å². The van der Waals surface area contributed by atoms with E-state index in [0.717, 1.165) is 16.9 Å². The molecule has 1 N–H and O–H groups in total. The van der Waals surface area contributed by atoms with Crippen LogP contribution in [0.2, 0.25) is 0 Å². The van der Waals surface area contributed by atoms with E-state index in [1.165, 1.54) is 0 Å². The van der Waals surface area contributed by atoms with Gasteiger partial charge in [-0.2, -0.15) is 0 Å². The molecule has 0 atom stereocenters. The molecular formula is C20H22N2O3. The summed E-state index contributed by atoms with van der Waals surface area (Å²) in [7, 11) is 0. The van der Waals surface area contributed by atoms with Crippen molar-refractivity contribution < 1.29 is 14.3 Å². The zero-order chi connectivity index (χ0) is 18.0. The minimum Gasteiger partial charge on any atom is -0.460 e. The molecular weight excluding hydrogens is 316 g/mol. The van der Waals surface area contributed by atoms with Crippen LogP contribution in [-0.2, 0) is 9.53 Å². The van der Waals surface area contributed by atoms with Gasteiger partial charge in [0.05, 0.1) is 23.5 Å². The number of aryl methyl sites for hydroxylation is 1. The summed E-state index contributed by atoms with van der Waals surface area (Å²) < 4.78 is 5.35. The third kappa shape index (κ3) is 3.50. The highest BCUT2D eigenvalue weighted by atomic mass is 16.5. The Kier molecular flexibility index (Phi) is 4.49. The topological polar surface area (TPSA) is 58.6 Å². The van der Waals surface area contributed by atoms with Gasteiger partial charge in [-0.1, -0.05) is 29.8 Å². The van der Waals surface area contributed by atoms with Crippen molar-refractivity contribution in [1.82, 2.24) is 0 Å². The fourth-order valence-electron chi connectivity index (χ4n) is 2.88. The van der Waals surface area contributed by atoms with E-state index < -0.39 is 5.54 Å². The molecule has 5 heteroatoms. The molecule has 1 aliphatic rings. The lowest BCUT2D eigenvalue weighted by Gasteiger charge is -2.39. The molecule has 3 rings (SSSR count). The van der Waals surface area contributed by atoms with E-state index in [1.54, 1.807) is 17.0 Å². The monoisotopic (exact) mass is 338 g/mol. The van der Waals surface area contributed by atoms with Crippen LogP contribution in [0, 0.1) is 6.92 Å². The quantitative estimate of drug-likeness (QED) is 0.868. The summed E-state index contributed by atoms with van der Waals surface area (Å²) in [6, 6.07) is 14.9. The second-order valence-corrected chi connectivity index (χ2v) is 6.73. The Bertz CT molecular complexity index is 797. The van der Waals surface area contributed by atoms with Gasteiger partial charge >= 0.3 is 5.97 Å². The van der Waals surface area contributed by atoms with Crippen LogP contribution >= 0.6 is 0 Å². The van der Waals surface area contributed by atoms with Crippen LogP contribution in [0.5, 0.6) is 0 Å². The number of rotatable bonds is 4. The molecule has 0 radical (unpaired) electrons. The van der Waals surface area contributed by atoms with Crippen molar-refractivity contribution in [3.63, 3.8) is 0 Å². The van der Waals surface area contributed by atoms with Crippen molar-refractivity contribution in [2.24, 2.45) is 0 Å². The summed E-state index contributed by atoms with van der Waals surface area (Å²) in [5.74, 6) is -0.423. The van der Waals surface area contributed by atoms with Crippen molar-refractivity contribution in [2.75, 3.05) is 23.4 Å². The highest BCUT2D eigenvalue weighted by Gasteiger charge is 2.38. The highest BCUT2D eigenvalue weighted by Crippen LogP contribution is 2.34. The van der Waals surface area contributed by atoms with Crippen LogP contribution in [0.1, 0.15) is 29.8 Å². The third-order valence-electron chi connectivity index (χ3n) is 4.26. The number of amides is 1. The fraction of sp³-hybridized carbons (Fsp3) is 0.300. The zero-order valence-electron chi connectivity index (χ0n) is 14.7. The van der Waals surface area contributed by atoms with Crippen molar-refractivity contribution in [2.45, 2.75) is 26.3 Å². The van der Waals surface area contributed by atoms with Gasteiger partial charge in [0.2, 0.25) is 0 Å². The predicted molar refractivity (Wildman–Crippen MR) is 98.0 cm³/mol. The third-order valence-corrected chi connectivity index (χ3v) is 4.26. The average Bonchev–Trinajstić information content (AvgIpc) is 2.58. The Morgan fingerprint density at radius 1 is 1.12 bits per heavy atom. The molecule has 5 nitrogen and oxygen atoms in total. The number of ether oxygens (including phenoxy) is 1. The molecule has 0 aliphatic carbocycles. The van der Waals surface area contributed by atoms with Gasteiger partial charge in [-0.15, -0.1) is 0 Å². The smallest absolute Gasteiger partial charge is 0.338 e. The Hall–Kier alpha value is -2.82. The standard InChI is InChI=1S/C20H22N2O3/c1-14-8-10-15(11-9-14)18(23)25-13-12-22-17-7-5-4-6-16(17)21-20(2,3)19(22)24/h4-11,21H,12-13H2,1-3H3. The number of benzene rings is 2. The second kappa shape index (κ2) is 6.59. The minimum atomic E-state index is -0.699. The first-order valence-corrected chi connectivity index (χ1v) is 8.31. The van der Waals surface area contributed by atoms with E-state index in [4.69, 9.17) is 4.74 Å².